The van der Waals surface area contributed by atoms with Crippen LogP contribution in [0, 0.1) is 13.8 Å². The van der Waals surface area contributed by atoms with E-state index in [1.54, 1.807) is 57.3 Å². The fourth-order valence-electron chi connectivity index (χ4n) is 4.90. The Morgan fingerprint density at radius 1 is 0.860 bits per heavy atom. The molecule has 7 rings (SSSR count). The van der Waals surface area contributed by atoms with Gasteiger partial charge in [-0.05, 0) is 78.2 Å². The first-order valence-electron chi connectivity index (χ1n) is 17.4. The molecular weight excluding hydrogens is 839 g/mol. The molecule has 1 aliphatic heterocycles. The molecule has 18 nitrogen and oxygen atoms in total. The number of rotatable bonds is 6. The van der Waals surface area contributed by atoms with Gasteiger partial charge in [-0.2, -0.15) is 25.1 Å². The average molecular weight is 884 g/mol. The molecule has 0 unspecified atom stereocenters. The molecular formula is C35H44BBrN12O6S2. The van der Waals surface area contributed by atoms with E-state index in [1.165, 1.54) is 22.7 Å². The Morgan fingerprint density at radius 3 is 1.86 bits per heavy atom. The maximum absolute atomic E-state index is 12.1. The number of hydrogen-bond acceptors (Lipinski definition) is 14. The van der Waals surface area contributed by atoms with Crippen LogP contribution >= 0.6 is 38.6 Å². The minimum absolute atomic E-state index is 0.224. The van der Waals surface area contributed by atoms with Crippen molar-refractivity contribution in [1.82, 2.24) is 49.5 Å². The van der Waals surface area contributed by atoms with Crippen LogP contribution in [0.15, 0.2) is 51.9 Å². The lowest BCUT2D eigenvalue weighted by molar-refractivity contribution is 0.00578. The molecule has 0 radical (unpaired) electrons. The normalized spacial score (nSPS) is 14.3. The van der Waals surface area contributed by atoms with Gasteiger partial charge in [0.15, 0.2) is 3.92 Å². The first-order valence-corrected chi connectivity index (χ1v) is 20.0. The quantitative estimate of drug-likeness (QED) is 0.165. The second-order valence-corrected chi connectivity index (χ2v) is 17.8. The van der Waals surface area contributed by atoms with Crippen LogP contribution in [0.25, 0.3) is 10.6 Å². The van der Waals surface area contributed by atoms with E-state index in [2.05, 4.69) is 62.0 Å². The number of hydrogen-bond donors (Lipinski definition) is 3. The third-order valence-corrected chi connectivity index (χ3v) is 10.7. The Hall–Kier alpha value is -5.03. The van der Waals surface area contributed by atoms with Crippen LogP contribution < -0.4 is 16.1 Å². The molecule has 57 heavy (non-hydrogen) atoms. The van der Waals surface area contributed by atoms with Crippen LogP contribution in [0.4, 0.5) is 16.2 Å². The number of thiazole rings is 2. The summed E-state index contributed by atoms with van der Waals surface area (Å²) in [5, 5.41) is 28.7. The van der Waals surface area contributed by atoms with Crippen LogP contribution in [0.2, 0.25) is 0 Å². The predicted octanol–water partition coefficient (Wildman–Crippen LogP) is 5.99. The van der Waals surface area contributed by atoms with Crippen LogP contribution in [0.3, 0.4) is 0 Å². The van der Waals surface area contributed by atoms with Crippen molar-refractivity contribution < 1.29 is 28.4 Å². The number of carbonyl (C=O) groups is 3. The molecule has 0 saturated carbocycles. The van der Waals surface area contributed by atoms with Gasteiger partial charge >= 0.3 is 13.2 Å². The lowest BCUT2D eigenvalue weighted by Gasteiger charge is -2.32. The molecule has 0 spiro atoms. The number of amides is 2. The fraction of sp³-hybridized carbons (Fsp3) is 0.400. The number of nitrogens with one attached hydrogen (secondary N) is 3. The Kier molecular flexibility index (Phi) is 13.0. The standard InChI is InChI=1S/C14H23BN2O4.C12H12N6OS.C9H9BrN4OS/c1-12(2,3)19-11(18)17-9-10(8-16-17)15-20-13(4,5)14(6,7)21-15;1-7-9(5-18(2)17-7)15-11(19)10-6-20-12(16-10)8-3-13-14-4-8;1-5-6(3-14(2)13-5)11-8(15)7-4-16-9(10)12-7/h8-9H,1-7H3;3-6H,1-2H3,(H,13,14)(H,15,19);3-4H,1-2H3,(H,11,15). The monoisotopic (exact) mass is 882 g/mol. The van der Waals surface area contributed by atoms with Crippen molar-refractivity contribution in [3.05, 3.63) is 74.6 Å². The highest BCUT2D eigenvalue weighted by Gasteiger charge is 2.52. The summed E-state index contributed by atoms with van der Waals surface area (Å²) in [6.07, 6.45) is 9.55. The van der Waals surface area contributed by atoms with Crippen LogP contribution in [-0.2, 0) is 28.1 Å². The van der Waals surface area contributed by atoms with E-state index in [9.17, 15) is 14.4 Å². The van der Waals surface area contributed by atoms with Crippen molar-refractivity contribution in [3.8, 4) is 10.6 Å². The Balaban J connectivity index is 0.000000165. The van der Waals surface area contributed by atoms with Gasteiger partial charge in [0.1, 0.15) is 22.0 Å². The number of H-pyrrole nitrogens is 1. The topological polar surface area (TPSA) is 211 Å². The van der Waals surface area contributed by atoms with Gasteiger partial charge in [0, 0.05) is 66.9 Å². The van der Waals surface area contributed by atoms with Crippen LogP contribution in [-0.4, -0.2) is 91.3 Å². The third kappa shape index (κ3) is 11.1. The van der Waals surface area contributed by atoms with Crippen molar-refractivity contribution >= 4 is 80.5 Å². The zero-order valence-electron chi connectivity index (χ0n) is 33.4. The van der Waals surface area contributed by atoms with Gasteiger partial charge in [0.2, 0.25) is 0 Å². The van der Waals surface area contributed by atoms with Gasteiger partial charge in [0.25, 0.3) is 11.8 Å². The molecule has 22 heteroatoms. The maximum atomic E-state index is 12.1. The molecule has 2 amide bonds. The lowest BCUT2D eigenvalue weighted by Crippen LogP contribution is -2.41. The number of aromatic nitrogens is 10. The highest BCUT2D eigenvalue weighted by molar-refractivity contribution is 9.11. The molecule has 3 N–H and O–H groups in total. The van der Waals surface area contributed by atoms with Crippen molar-refractivity contribution in [1.29, 1.82) is 0 Å². The van der Waals surface area contributed by atoms with E-state index in [4.69, 9.17) is 14.0 Å². The van der Waals surface area contributed by atoms with E-state index in [0.29, 0.717) is 32.1 Å². The highest BCUT2D eigenvalue weighted by Crippen LogP contribution is 2.36. The zero-order valence-corrected chi connectivity index (χ0v) is 36.6. The summed E-state index contributed by atoms with van der Waals surface area (Å²) in [7, 11) is 3.08. The molecule has 6 aromatic heterocycles. The van der Waals surface area contributed by atoms with E-state index < -0.39 is 30.0 Å². The van der Waals surface area contributed by atoms with Crippen molar-refractivity contribution in [2.45, 2.75) is 79.1 Å². The number of halogens is 1. The second-order valence-electron chi connectivity index (χ2n) is 14.8. The third-order valence-electron chi connectivity index (χ3n) is 8.42. The molecule has 0 atom stereocenters. The molecule has 0 aromatic carbocycles. The number of ether oxygens (including phenoxy) is 1. The Labute approximate surface area is 346 Å². The molecule has 1 fully saturated rings. The smallest absolute Gasteiger partial charge is 0.442 e. The Morgan fingerprint density at radius 2 is 1.40 bits per heavy atom. The first-order chi connectivity index (χ1) is 26.6. The molecule has 1 saturated heterocycles. The van der Waals surface area contributed by atoms with Crippen molar-refractivity contribution in [2.24, 2.45) is 14.1 Å². The van der Waals surface area contributed by atoms with Gasteiger partial charge in [-0.15, -0.1) is 22.7 Å². The van der Waals surface area contributed by atoms with Gasteiger partial charge < -0.3 is 24.7 Å². The highest BCUT2D eigenvalue weighted by atomic mass is 79.9. The van der Waals surface area contributed by atoms with Gasteiger partial charge in [-0.3, -0.25) is 24.1 Å². The number of aromatic amines is 1. The molecule has 302 valence electrons. The molecule has 6 aromatic rings. The number of nitrogens with zero attached hydrogens (tertiary/aromatic N) is 9. The van der Waals surface area contributed by atoms with Crippen molar-refractivity contribution in [2.75, 3.05) is 10.6 Å². The SMILES string of the molecule is CC(C)(C)OC(=O)n1cc(B2OC(C)(C)C(C)(C)O2)cn1.Cc1nn(C)cc1NC(=O)c1csc(-c2cn[nH]c2)n1.Cc1nn(C)cc1NC(=O)c1csc(Br)n1. The number of carbonyl (C=O) groups excluding carboxylic acids is 3. The molecule has 0 aliphatic carbocycles. The van der Waals surface area contributed by atoms with E-state index in [-0.39, 0.29) is 11.8 Å². The van der Waals surface area contributed by atoms with Crippen molar-refractivity contribution in [3.63, 3.8) is 0 Å². The van der Waals surface area contributed by atoms with Gasteiger partial charge in [0.05, 0.1) is 40.2 Å². The predicted molar refractivity (Wildman–Crippen MR) is 221 cm³/mol. The fourth-order valence-corrected chi connectivity index (χ4v) is 6.67. The number of anilines is 2. The first kappa shape index (κ1) is 43.1. The van der Waals surface area contributed by atoms with Crippen LogP contribution in [0.5, 0.6) is 0 Å². The largest absolute Gasteiger partial charge is 0.498 e. The van der Waals surface area contributed by atoms with Gasteiger partial charge in [-0.1, -0.05) is 0 Å². The average Bonchev–Trinajstić information content (AvgIpc) is 3.95. The lowest BCUT2D eigenvalue weighted by atomic mass is 9.82. The summed E-state index contributed by atoms with van der Waals surface area (Å²) < 4.78 is 22.3. The molecule has 1 aliphatic rings. The van der Waals surface area contributed by atoms with E-state index in [0.717, 1.165) is 26.6 Å². The summed E-state index contributed by atoms with van der Waals surface area (Å²) in [5.74, 6) is -0.467. The summed E-state index contributed by atoms with van der Waals surface area (Å²) in [4.78, 5) is 44.2. The van der Waals surface area contributed by atoms with Crippen LogP contribution in [0.1, 0.15) is 80.8 Å². The van der Waals surface area contributed by atoms with E-state index in [1.807, 2.05) is 76.4 Å². The number of aryl methyl sites for hydroxylation is 4. The summed E-state index contributed by atoms with van der Waals surface area (Å²) in [5.41, 5.74) is 3.88. The molecule has 7 heterocycles. The minimum Gasteiger partial charge on any atom is -0.442 e. The summed E-state index contributed by atoms with van der Waals surface area (Å²) >= 11 is 5.99. The zero-order chi connectivity index (χ0) is 41.9. The van der Waals surface area contributed by atoms with E-state index >= 15 is 0 Å². The minimum atomic E-state index is -0.562. The van der Waals surface area contributed by atoms with Gasteiger partial charge in [-0.25, -0.2) is 14.8 Å². The summed E-state index contributed by atoms with van der Waals surface area (Å²) in [6, 6.07) is 0. The molecule has 0 bridgehead atoms. The Bertz CT molecular complexity index is 2320. The summed E-state index contributed by atoms with van der Waals surface area (Å²) in [6.45, 7) is 17.0. The second kappa shape index (κ2) is 17.2. The maximum Gasteiger partial charge on any atom is 0.498 e.